The first-order valence-electron chi connectivity index (χ1n) is 10.3. The van der Waals surface area contributed by atoms with Crippen molar-refractivity contribution in [2.75, 3.05) is 19.5 Å². The Kier molecular flexibility index (Phi) is 8.40. The van der Waals surface area contributed by atoms with Gasteiger partial charge in [0.2, 0.25) is 15.8 Å². The Morgan fingerprint density at radius 3 is 2.24 bits per heavy atom. The van der Waals surface area contributed by atoms with Gasteiger partial charge >= 0.3 is 11.7 Å². The molecule has 0 aliphatic rings. The summed E-state index contributed by atoms with van der Waals surface area (Å²) in [5.74, 6) is -1.84. The highest BCUT2D eigenvalue weighted by Gasteiger charge is 2.26. The Balaban J connectivity index is 2.15. The lowest BCUT2D eigenvalue weighted by Gasteiger charge is -2.17. The quantitative estimate of drug-likeness (QED) is 0.336. The summed E-state index contributed by atoms with van der Waals surface area (Å²) in [7, 11) is -1.42. The van der Waals surface area contributed by atoms with E-state index in [-0.39, 0.29) is 23.2 Å². The van der Waals surface area contributed by atoms with Gasteiger partial charge in [-0.2, -0.15) is 4.72 Å². The minimum atomic E-state index is -4.06. The number of nitrogen functional groups attached to an aromatic ring is 1. The van der Waals surface area contributed by atoms with E-state index >= 15 is 0 Å². The van der Waals surface area contributed by atoms with Crippen LogP contribution >= 0.6 is 0 Å². The maximum absolute atomic E-state index is 12.6. The van der Waals surface area contributed by atoms with Crippen LogP contribution in [0.4, 0.5) is 5.82 Å². The van der Waals surface area contributed by atoms with Crippen LogP contribution in [0, 0.1) is 5.92 Å². The van der Waals surface area contributed by atoms with Crippen LogP contribution in [0.5, 0.6) is 5.75 Å². The second-order valence-corrected chi connectivity index (χ2v) is 9.67. The maximum Gasteiger partial charge on any atom is 0.332 e. The standard InChI is InChI=1S/C21H28N4O8S/c1-12(2)10-25-18(22)17(19(27)24(4)21(25)29)16(26)11-33-20(28)13(3)23-34(30,31)15-8-6-14(32-5)7-9-15/h6-9,12-13,23H,10-11,22H2,1-5H3/t13-/m0/s1. The molecule has 1 aromatic heterocycles. The van der Waals surface area contributed by atoms with E-state index < -0.39 is 51.2 Å². The highest BCUT2D eigenvalue weighted by molar-refractivity contribution is 7.89. The number of ether oxygens (including phenoxy) is 2. The van der Waals surface area contributed by atoms with Crippen molar-refractivity contribution in [1.82, 2.24) is 13.9 Å². The van der Waals surface area contributed by atoms with Gasteiger partial charge in [-0.1, -0.05) is 13.8 Å². The number of esters is 1. The number of rotatable bonds is 10. The van der Waals surface area contributed by atoms with Crippen LogP contribution < -0.4 is 26.4 Å². The lowest BCUT2D eigenvalue weighted by atomic mass is 10.1. The van der Waals surface area contributed by atoms with Gasteiger partial charge in [-0.05, 0) is 37.1 Å². The SMILES string of the molecule is COc1ccc(S(=O)(=O)N[C@@H](C)C(=O)OCC(=O)c2c(N)n(CC(C)C)c(=O)n(C)c2=O)cc1. The number of anilines is 1. The number of methoxy groups -OCH3 is 1. The first kappa shape index (κ1) is 26.8. The number of hydrogen-bond acceptors (Lipinski definition) is 9. The predicted octanol–water partition coefficient (Wildman–Crippen LogP) is -0.113. The molecule has 0 bridgehead atoms. The third-order valence-electron chi connectivity index (χ3n) is 4.81. The van der Waals surface area contributed by atoms with Gasteiger partial charge in [-0.3, -0.25) is 23.5 Å². The zero-order valence-corrected chi connectivity index (χ0v) is 20.3. The van der Waals surface area contributed by atoms with Crippen LogP contribution in [0.1, 0.15) is 31.1 Å². The molecular formula is C21H28N4O8S. The monoisotopic (exact) mass is 496 g/mol. The lowest BCUT2D eigenvalue weighted by Crippen LogP contribution is -2.44. The first-order valence-corrected chi connectivity index (χ1v) is 11.7. The molecule has 1 aromatic carbocycles. The molecule has 0 aliphatic carbocycles. The van der Waals surface area contributed by atoms with Crippen LogP contribution in [0.25, 0.3) is 0 Å². The van der Waals surface area contributed by atoms with E-state index in [9.17, 15) is 27.6 Å². The number of benzene rings is 1. The third-order valence-corrected chi connectivity index (χ3v) is 6.37. The summed E-state index contributed by atoms with van der Waals surface area (Å²) in [6.45, 7) is 4.20. The Bertz CT molecular complexity index is 1290. The number of nitrogens with one attached hydrogen (secondary N) is 1. The molecule has 12 nitrogen and oxygen atoms in total. The van der Waals surface area contributed by atoms with E-state index in [0.29, 0.717) is 5.75 Å². The molecule has 186 valence electrons. The number of sulfonamides is 1. The molecule has 0 fully saturated rings. The van der Waals surface area contributed by atoms with Crippen molar-refractivity contribution in [3.63, 3.8) is 0 Å². The van der Waals surface area contributed by atoms with Crippen molar-refractivity contribution >= 4 is 27.6 Å². The van der Waals surface area contributed by atoms with Crippen LogP contribution in [-0.2, 0) is 33.1 Å². The zero-order valence-electron chi connectivity index (χ0n) is 19.5. The van der Waals surface area contributed by atoms with Crippen LogP contribution in [-0.4, -0.2) is 49.1 Å². The van der Waals surface area contributed by atoms with Gasteiger partial charge in [0.25, 0.3) is 5.56 Å². The molecule has 0 unspecified atom stereocenters. The molecule has 0 amide bonds. The minimum absolute atomic E-state index is 0.00198. The van der Waals surface area contributed by atoms with E-state index in [2.05, 4.69) is 4.72 Å². The summed E-state index contributed by atoms with van der Waals surface area (Å²) >= 11 is 0. The second-order valence-electron chi connectivity index (χ2n) is 7.96. The summed E-state index contributed by atoms with van der Waals surface area (Å²) in [4.78, 5) is 49.6. The van der Waals surface area contributed by atoms with Crippen LogP contribution in [0.3, 0.4) is 0 Å². The van der Waals surface area contributed by atoms with E-state index in [1.165, 1.54) is 45.3 Å². The van der Waals surface area contributed by atoms with Gasteiger partial charge in [-0.15, -0.1) is 0 Å². The molecule has 2 aromatic rings. The molecule has 34 heavy (non-hydrogen) atoms. The number of aromatic nitrogens is 2. The van der Waals surface area contributed by atoms with Gasteiger partial charge in [0, 0.05) is 13.6 Å². The number of nitrogens with two attached hydrogens (primary N) is 1. The van der Waals surface area contributed by atoms with Gasteiger partial charge in [0.1, 0.15) is 23.2 Å². The number of hydrogen-bond donors (Lipinski definition) is 2. The minimum Gasteiger partial charge on any atom is -0.497 e. The van der Waals surface area contributed by atoms with E-state index in [1.807, 2.05) is 13.8 Å². The zero-order chi connectivity index (χ0) is 25.8. The Morgan fingerprint density at radius 1 is 1.12 bits per heavy atom. The molecule has 1 atom stereocenters. The maximum atomic E-state index is 12.6. The lowest BCUT2D eigenvalue weighted by molar-refractivity contribution is -0.144. The van der Waals surface area contributed by atoms with E-state index in [0.717, 1.165) is 9.13 Å². The van der Waals surface area contributed by atoms with Crippen molar-refractivity contribution in [3.05, 3.63) is 50.7 Å². The van der Waals surface area contributed by atoms with Crippen LogP contribution in [0.15, 0.2) is 38.8 Å². The molecule has 0 radical (unpaired) electrons. The molecule has 13 heteroatoms. The average molecular weight is 497 g/mol. The fraction of sp³-hybridized carbons (Fsp3) is 0.429. The van der Waals surface area contributed by atoms with Gasteiger partial charge in [0.15, 0.2) is 6.61 Å². The summed E-state index contributed by atoms with van der Waals surface area (Å²) in [5, 5.41) is 0. The van der Waals surface area contributed by atoms with Crippen molar-refractivity contribution < 1.29 is 27.5 Å². The summed E-state index contributed by atoms with van der Waals surface area (Å²) in [6.07, 6.45) is 0. The highest BCUT2D eigenvalue weighted by atomic mass is 32.2. The highest BCUT2D eigenvalue weighted by Crippen LogP contribution is 2.16. The van der Waals surface area contributed by atoms with Gasteiger partial charge < -0.3 is 15.2 Å². The van der Waals surface area contributed by atoms with Crippen molar-refractivity contribution in [2.45, 2.75) is 38.3 Å². The molecule has 0 saturated heterocycles. The second kappa shape index (κ2) is 10.7. The normalized spacial score (nSPS) is 12.4. The van der Waals surface area contributed by atoms with Crippen molar-refractivity contribution in [3.8, 4) is 5.75 Å². The molecule has 1 heterocycles. The number of nitrogens with zero attached hydrogens (tertiary/aromatic N) is 2. The van der Waals surface area contributed by atoms with Crippen molar-refractivity contribution in [1.29, 1.82) is 0 Å². The fourth-order valence-corrected chi connectivity index (χ4v) is 4.22. The van der Waals surface area contributed by atoms with E-state index in [4.69, 9.17) is 15.2 Å². The largest absolute Gasteiger partial charge is 0.497 e. The summed E-state index contributed by atoms with van der Waals surface area (Å²) < 4.78 is 38.8. The van der Waals surface area contributed by atoms with Gasteiger partial charge in [-0.25, -0.2) is 13.2 Å². The van der Waals surface area contributed by atoms with Crippen LogP contribution in [0.2, 0.25) is 0 Å². The van der Waals surface area contributed by atoms with E-state index in [1.54, 1.807) is 0 Å². The van der Waals surface area contributed by atoms with Gasteiger partial charge in [0.05, 0.1) is 12.0 Å². The average Bonchev–Trinajstić information content (AvgIpc) is 2.78. The molecule has 3 N–H and O–H groups in total. The number of carbonyl (C=O) groups is 2. The molecular weight excluding hydrogens is 468 g/mol. The third kappa shape index (κ3) is 5.91. The molecule has 0 saturated carbocycles. The molecule has 0 aliphatic heterocycles. The Morgan fingerprint density at radius 2 is 1.71 bits per heavy atom. The molecule has 2 rings (SSSR count). The predicted molar refractivity (Wildman–Crippen MR) is 123 cm³/mol. The number of Topliss-reactive ketones (excluding diaryl/α,β-unsaturated/α-hetero) is 1. The molecule has 0 spiro atoms. The summed E-state index contributed by atoms with van der Waals surface area (Å²) in [6, 6.07) is 4.15. The number of carbonyl (C=O) groups excluding carboxylic acids is 2. The summed E-state index contributed by atoms with van der Waals surface area (Å²) in [5.41, 5.74) is 3.85. The first-order chi connectivity index (χ1) is 15.8. The topological polar surface area (TPSA) is 169 Å². The van der Waals surface area contributed by atoms with Crippen molar-refractivity contribution in [2.24, 2.45) is 13.0 Å². The Hall–Kier alpha value is -3.45. The Labute approximate surface area is 196 Å². The fourth-order valence-electron chi connectivity index (χ4n) is 3.02. The number of ketones is 1. The smallest absolute Gasteiger partial charge is 0.332 e.